The van der Waals surface area contributed by atoms with Crippen LogP contribution >= 0.6 is 11.3 Å². The third kappa shape index (κ3) is 3.27. The Morgan fingerprint density at radius 1 is 0.444 bits per heavy atom. The van der Waals surface area contributed by atoms with Gasteiger partial charge in [0.15, 0.2) is 0 Å². The van der Waals surface area contributed by atoms with Crippen molar-refractivity contribution >= 4 is 53.3 Å². The second-order valence-corrected chi connectivity index (χ2v) is 13.1. The van der Waals surface area contributed by atoms with E-state index in [4.69, 9.17) is 0 Å². The Hall–Kier alpha value is -5.44. The molecule has 9 aromatic rings. The van der Waals surface area contributed by atoms with Crippen molar-refractivity contribution < 1.29 is 0 Å². The molecule has 2 aromatic heterocycles. The normalized spacial score (nSPS) is 13.5. The summed E-state index contributed by atoms with van der Waals surface area (Å²) >= 11 is 1.91. The third-order valence-electron chi connectivity index (χ3n) is 9.88. The van der Waals surface area contributed by atoms with E-state index in [0.717, 1.165) is 0 Å². The van der Waals surface area contributed by atoms with Crippen molar-refractivity contribution in [2.75, 3.05) is 0 Å². The molecular weight excluding hydrogens is 563 g/mol. The van der Waals surface area contributed by atoms with Crippen LogP contribution < -0.4 is 0 Å². The Morgan fingerprint density at radius 2 is 1.09 bits per heavy atom. The maximum atomic E-state index is 2.48. The molecule has 7 aromatic carbocycles. The SMILES string of the molecule is c1ccc(C2(c3ccccc3)c3ccccc3-c3ccc(-n4c5ccccc5c5c6sc7ccccc7c6ccc54)cc32)cc1. The largest absolute Gasteiger partial charge is 0.309 e. The number of benzene rings is 7. The van der Waals surface area contributed by atoms with Gasteiger partial charge in [-0.3, -0.25) is 0 Å². The first-order valence-corrected chi connectivity index (χ1v) is 16.3. The Balaban J connectivity index is 1.32. The molecule has 2 heterocycles. The minimum Gasteiger partial charge on any atom is -0.309 e. The van der Waals surface area contributed by atoms with Gasteiger partial charge < -0.3 is 4.57 Å². The van der Waals surface area contributed by atoms with Crippen molar-refractivity contribution in [3.05, 3.63) is 186 Å². The van der Waals surface area contributed by atoms with Crippen molar-refractivity contribution in [2.24, 2.45) is 0 Å². The number of fused-ring (bicyclic) bond motifs is 10. The summed E-state index contributed by atoms with van der Waals surface area (Å²) in [6.45, 7) is 0. The van der Waals surface area contributed by atoms with E-state index in [1.807, 2.05) is 11.3 Å². The molecule has 1 aliphatic rings. The average Bonchev–Trinajstić information content (AvgIpc) is 3.75. The van der Waals surface area contributed by atoms with Crippen LogP contribution in [0.15, 0.2) is 164 Å². The zero-order valence-electron chi connectivity index (χ0n) is 24.4. The molecule has 0 spiro atoms. The lowest BCUT2D eigenvalue weighted by atomic mass is 9.67. The molecule has 0 saturated heterocycles. The van der Waals surface area contributed by atoms with Crippen LogP contribution in [0, 0.1) is 0 Å². The van der Waals surface area contributed by atoms with Crippen LogP contribution in [0.3, 0.4) is 0 Å². The fourth-order valence-corrected chi connectivity index (χ4v) is 9.34. The highest BCUT2D eigenvalue weighted by molar-refractivity contribution is 7.26. The first kappa shape index (κ1) is 24.9. The van der Waals surface area contributed by atoms with Crippen LogP contribution in [0.1, 0.15) is 22.3 Å². The summed E-state index contributed by atoms with van der Waals surface area (Å²) < 4.78 is 5.18. The molecule has 0 atom stereocenters. The molecule has 45 heavy (non-hydrogen) atoms. The summed E-state index contributed by atoms with van der Waals surface area (Å²) in [4.78, 5) is 0. The van der Waals surface area contributed by atoms with Crippen LogP contribution in [0.4, 0.5) is 0 Å². The first-order valence-electron chi connectivity index (χ1n) is 15.5. The zero-order chi connectivity index (χ0) is 29.5. The molecule has 0 aliphatic heterocycles. The standard InChI is InChI=1S/C43H27NS/c1-3-13-28(14-4-1)43(29-15-5-2-6-16-29)36-20-10-7-17-31(36)32-24-23-30(27-37(32)43)44-38-21-11-8-19-35(38)41-39(44)26-25-34-33-18-9-12-22-40(33)45-42(34)41/h1-27H. The molecule has 0 unspecified atom stereocenters. The highest BCUT2D eigenvalue weighted by Gasteiger charge is 2.46. The Bertz CT molecular complexity index is 2550. The number of rotatable bonds is 3. The number of thiophene rings is 1. The fourth-order valence-electron chi connectivity index (χ4n) is 8.08. The molecule has 210 valence electrons. The second kappa shape index (κ2) is 9.28. The van der Waals surface area contributed by atoms with E-state index in [0.29, 0.717) is 0 Å². The molecule has 2 heteroatoms. The van der Waals surface area contributed by atoms with Crippen LogP contribution in [0.25, 0.3) is 58.8 Å². The Morgan fingerprint density at radius 3 is 1.89 bits per heavy atom. The van der Waals surface area contributed by atoms with Crippen molar-refractivity contribution in [3.8, 4) is 16.8 Å². The topological polar surface area (TPSA) is 4.93 Å². The van der Waals surface area contributed by atoms with E-state index in [2.05, 4.69) is 168 Å². The highest BCUT2D eigenvalue weighted by atomic mass is 32.1. The van der Waals surface area contributed by atoms with Gasteiger partial charge in [0.1, 0.15) is 0 Å². The summed E-state index contributed by atoms with van der Waals surface area (Å²) in [6.07, 6.45) is 0. The Labute approximate surface area is 265 Å². The smallest absolute Gasteiger partial charge is 0.0714 e. The molecule has 0 fully saturated rings. The van der Waals surface area contributed by atoms with Gasteiger partial charge in [0.25, 0.3) is 0 Å². The quantitative estimate of drug-likeness (QED) is 0.193. The average molecular weight is 590 g/mol. The molecule has 1 aliphatic carbocycles. The van der Waals surface area contributed by atoms with Gasteiger partial charge in [-0.05, 0) is 63.7 Å². The monoisotopic (exact) mass is 589 g/mol. The lowest BCUT2D eigenvalue weighted by Crippen LogP contribution is -2.28. The van der Waals surface area contributed by atoms with Gasteiger partial charge in [0.05, 0.1) is 16.4 Å². The number of aromatic nitrogens is 1. The van der Waals surface area contributed by atoms with Gasteiger partial charge in [-0.1, -0.05) is 133 Å². The highest BCUT2D eigenvalue weighted by Crippen LogP contribution is 2.56. The van der Waals surface area contributed by atoms with Gasteiger partial charge in [0, 0.05) is 36.6 Å². The summed E-state index contributed by atoms with van der Waals surface area (Å²) in [5, 5.41) is 5.31. The van der Waals surface area contributed by atoms with Crippen LogP contribution in [-0.2, 0) is 5.41 Å². The van der Waals surface area contributed by atoms with E-state index in [1.165, 1.54) is 81.0 Å². The van der Waals surface area contributed by atoms with Crippen LogP contribution in [0.5, 0.6) is 0 Å². The third-order valence-corrected chi connectivity index (χ3v) is 11.1. The minimum absolute atomic E-state index is 0.429. The van der Waals surface area contributed by atoms with E-state index >= 15 is 0 Å². The molecule has 0 saturated carbocycles. The number of hydrogen-bond donors (Lipinski definition) is 0. The van der Waals surface area contributed by atoms with Crippen molar-refractivity contribution in [3.63, 3.8) is 0 Å². The van der Waals surface area contributed by atoms with Gasteiger partial charge in [-0.15, -0.1) is 11.3 Å². The molecule has 0 N–H and O–H groups in total. The van der Waals surface area contributed by atoms with E-state index in [-0.39, 0.29) is 0 Å². The molecule has 0 amide bonds. The maximum absolute atomic E-state index is 2.48. The number of hydrogen-bond acceptors (Lipinski definition) is 1. The molecule has 1 nitrogen and oxygen atoms in total. The van der Waals surface area contributed by atoms with Crippen LogP contribution in [-0.4, -0.2) is 4.57 Å². The Kier molecular flexibility index (Phi) is 5.14. The van der Waals surface area contributed by atoms with E-state index < -0.39 is 5.41 Å². The van der Waals surface area contributed by atoms with Crippen LogP contribution in [0.2, 0.25) is 0 Å². The lowest BCUT2D eigenvalue weighted by Gasteiger charge is -2.34. The summed E-state index contributed by atoms with van der Waals surface area (Å²) in [5.41, 5.74) is 11.1. The fraction of sp³-hybridized carbons (Fsp3) is 0.0233. The molecule has 0 bridgehead atoms. The van der Waals surface area contributed by atoms with Crippen molar-refractivity contribution in [2.45, 2.75) is 5.41 Å². The van der Waals surface area contributed by atoms with Crippen molar-refractivity contribution in [1.29, 1.82) is 0 Å². The summed E-state index contributed by atoms with van der Waals surface area (Å²) in [7, 11) is 0. The number of para-hydroxylation sites is 1. The number of nitrogens with zero attached hydrogens (tertiary/aromatic N) is 1. The molecule has 0 radical (unpaired) electrons. The van der Waals surface area contributed by atoms with Gasteiger partial charge in [0.2, 0.25) is 0 Å². The van der Waals surface area contributed by atoms with Gasteiger partial charge in [-0.25, -0.2) is 0 Å². The molecular formula is C43H27NS. The first-order chi connectivity index (χ1) is 22.3. The van der Waals surface area contributed by atoms with Gasteiger partial charge in [-0.2, -0.15) is 0 Å². The van der Waals surface area contributed by atoms with E-state index in [9.17, 15) is 0 Å². The minimum atomic E-state index is -0.429. The zero-order valence-corrected chi connectivity index (χ0v) is 25.3. The lowest BCUT2D eigenvalue weighted by molar-refractivity contribution is 0.767. The summed E-state index contributed by atoms with van der Waals surface area (Å²) in [5.74, 6) is 0. The van der Waals surface area contributed by atoms with Crippen molar-refractivity contribution in [1.82, 2.24) is 4.57 Å². The van der Waals surface area contributed by atoms with Gasteiger partial charge >= 0.3 is 0 Å². The second-order valence-electron chi connectivity index (χ2n) is 12.0. The predicted molar refractivity (Wildman–Crippen MR) is 191 cm³/mol. The van der Waals surface area contributed by atoms with E-state index in [1.54, 1.807) is 0 Å². The summed E-state index contributed by atoms with van der Waals surface area (Å²) in [6, 6.07) is 60.6. The molecule has 10 rings (SSSR count). The maximum Gasteiger partial charge on any atom is 0.0714 e. The predicted octanol–water partition coefficient (Wildman–Crippen LogP) is 11.5.